The van der Waals surface area contributed by atoms with Gasteiger partial charge in [0, 0.05) is 7.30 Å². The van der Waals surface area contributed by atoms with Crippen LogP contribution in [0.5, 0.6) is 0 Å². The molecule has 3 rings (SSSR count). The van der Waals surface area contributed by atoms with Crippen LogP contribution in [0.2, 0.25) is 0 Å². The van der Waals surface area contributed by atoms with Gasteiger partial charge in [0.2, 0.25) is 0 Å². The van der Waals surface area contributed by atoms with Crippen molar-refractivity contribution in [2.75, 3.05) is 11.6 Å². The van der Waals surface area contributed by atoms with Crippen molar-refractivity contribution in [2.45, 2.75) is 26.3 Å². The number of aromatic amines is 1. The summed E-state index contributed by atoms with van der Waals surface area (Å²) in [6, 6.07) is 8.58. The van der Waals surface area contributed by atoms with Gasteiger partial charge in [0.25, 0.3) is 0 Å². The highest BCUT2D eigenvalue weighted by Crippen LogP contribution is 2.23. The lowest BCUT2D eigenvalue weighted by atomic mass is 10.2. The molecule has 0 bridgehead atoms. The number of hydrogen-bond acceptors (Lipinski definition) is 3. The summed E-state index contributed by atoms with van der Waals surface area (Å²) < 4.78 is 0. The van der Waals surface area contributed by atoms with Gasteiger partial charge in [-0.05, 0) is 24.3 Å². The fourth-order valence-corrected chi connectivity index (χ4v) is 2.77. The second-order valence-electron chi connectivity index (χ2n) is 3.74. The monoisotopic (exact) mass is 251 g/mol. The average Bonchev–Trinajstić information content (AvgIpc) is 2.86. The van der Waals surface area contributed by atoms with Crippen molar-refractivity contribution in [2.24, 2.45) is 0 Å². The molecule has 3 nitrogen and oxygen atoms in total. The predicted molar refractivity (Wildman–Crippen MR) is 77.4 cm³/mol. The molecule has 2 N–H and O–H groups in total. The van der Waals surface area contributed by atoms with Crippen molar-refractivity contribution < 1.29 is 1.43 Å². The number of fused-ring (bicyclic) bond motifs is 1. The molecule has 2 heterocycles. The molecule has 1 aromatic heterocycles. The first-order valence-electron chi connectivity index (χ1n) is 6.19. The first-order chi connectivity index (χ1) is 8.43. The van der Waals surface area contributed by atoms with Gasteiger partial charge in [0.1, 0.15) is 5.82 Å². The predicted octanol–water partition coefficient (Wildman–Crippen LogP) is 3.56. The molecular weight excluding hydrogens is 230 g/mol. The lowest BCUT2D eigenvalue weighted by Gasteiger charge is -2.20. The zero-order chi connectivity index (χ0) is 12.1. The highest BCUT2D eigenvalue weighted by atomic mass is 32.2. The summed E-state index contributed by atoms with van der Waals surface area (Å²) in [5.41, 5.74) is 2.19. The quantitative estimate of drug-likeness (QED) is 0.814. The summed E-state index contributed by atoms with van der Waals surface area (Å²) in [5.74, 6) is 3.33. The Morgan fingerprint density at radius 2 is 2.18 bits per heavy atom. The van der Waals surface area contributed by atoms with E-state index in [9.17, 15) is 0 Å². The van der Waals surface area contributed by atoms with Crippen LogP contribution in [-0.2, 0) is 0 Å². The number of nitrogens with one attached hydrogen (secondary N) is 2. The molecule has 0 saturated carbocycles. The molecule has 1 unspecified atom stereocenters. The molecule has 1 aromatic carbocycles. The van der Waals surface area contributed by atoms with Crippen LogP contribution in [0.1, 0.15) is 33.6 Å². The van der Waals surface area contributed by atoms with Crippen molar-refractivity contribution >= 4 is 22.8 Å². The summed E-state index contributed by atoms with van der Waals surface area (Å²) in [5, 5.41) is 3.47. The Hall–Kier alpha value is -1.00. The van der Waals surface area contributed by atoms with E-state index in [1.165, 1.54) is 5.75 Å². The third-order valence-corrected chi connectivity index (χ3v) is 3.62. The lowest BCUT2D eigenvalue weighted by Crippen LogP contribution is -2.26. The van der Waals surface area contributed by atoms with Gasteiger partial charge < -0.3 is 4.98 Å². The molecule has 0 amide bonds. The molecule has 17 heavy (non-hydrogen) atoms. The van der Waals surface area contributed by atoms with E-state index >= 15 is 0 Å². The standard InChI is InChI=1S/C11H13N3S.C2H6.H2/c1-2-4-9-8(3-1)13-11(14-9)10-5-6-15-7-12-10;1-2;/h1-4,10,12H,5-7H2,(H,13,14);1-2H3;1H. The Morgan fingerprint density at radius 3 is 2.88 bits per heavy atom. The van der Waals surface area contributed by atoms with E-state index < -0.39 is 0 Å². The minimum Gasteiger partial charge on any atom is -0.341 e. The number of H-pyrrole nitrogens is 1. The van der Waals surface area contributed by atoms with Crippen LogP contribution in [0.15, 0.2) is 24.3 Å². The highest BCUT2D eigenvalue weighted by molar-refractivity contribution is 7.99. The lowest BCUT2D eigenvalue weighted by molar-refractivity contribution is 0.533. The highest BCUT2D eigenvalue weighted by Gasteiger charge is 2.17. The smallest absolute Gasteiger partial charge is 0.124 e. The maximum Gasteiger partial charge on any atom is 0.124 e. The number of nitrogens with zero attached hydrogens (tertiary/aromatic N) is 1. The summed E-state index contributed by atoms with van der Waals surface area (Å²) in [7, 11) is 0. The fourth-order valence-electron chi connectivity index (χ4n) is 1.91. The molecule has 0 radical (unpaired) electrons. The Kier molecular flexibility index (Phi) is 4.45. The average molecular weight is 251 g/mol. The van der Waals surface area contributed by atoms with Crippen molar-refractivity contribution in [3.05, 3.63) is 30.1 Å². The van der Waals surface area contributed by atoms with Gasteiger partial charge in [0.15, 0.2) is 0 Å². The van der Waals surface area contributed by atoms with Crippen molar-refractivity contribution in [3.8, 4) is 0 Å². The van der Waals surface area contributed by atoms with Crippen molar-refractivity contribution in [3.63, 3.8) is 0 Å². The number of hydrogen-bond donors (Lipinski definition) is 2. The van der Waals surface area contributed by atoms with Gasteiger partial charge in [-0.2, -0.15) is 0 Å². The fraction of sp³-hybridized carbons (Fsp3) is 0.462. The Balaban J connectivity index is 0.000000516. The van der Waals surface area contributed by atoms with Crippen LogP contribution in [0.25, 0.3) is 11.0 Å². The molecule has 1 aliphatic heterocycles. The number of benzene rings is 1. The largest absolute Gasteiger partial charge is 0.341 e. The molecule has 1 aliphatic rings. The molecule has 1 saturated heterocycles. The number of imidazole rings is 1. The van der Waals surface area contributed by atoms with Crippen LogP contribution in [-0.4, -0.2) is 21.6 Å². The van der Waals surface area contributed by atoms with E-state index in [1.807, 2.05) is 43.8 Å². The van der Waals surface area contributed by atoms with Gasteiger partial charge in [-0.3, -0.25) is 5.32 Å². The molecule has 1 fully saturated rings. The van der Waals surface area contributed by atoms with Gasteiger partial charge in [-0.1, -0.05) is 26.0 Å². The SMILES string of the molecule is CC.[HH].c1ccc2[nH]c(C3CCSCN3)nc2c1. The summed E-state index contributed by atoms with van der Waals surface area (Å²) in [6.45, 7) is 4.00. The van der Waals surface area contributed by atoms with E-state index in [0.29, 0.717) is 6.04 Å². The van der Waals surface area contributed by atoms with Gasteiger partial charge in [0.05, 0.1) is 17.1 Å². The van der Waals surface area contributed by atoms with Crippen molar-refractivity contribution in [1.82, 2.24) is 15.3 Å². The molecule has 0 aliphatic carbocycles. The van der Waals surface area contributed by atoms with Crippen LogP contribution < -0.4 is 5.32 Å². The van der Waals surface area contributed by atoms with E-state index in [2.05, 4.69) is 21.4 Å². The van der Waals surface area contributed by atoms with Crippen LogP contribution in [0.4, 0.5) is 0 Å². The third kappa shape index (κ3) is 2.82. The molecule has 2 aromatic rings. The summed E-state index contributed by atoms with van der Waals surface area (Å²) >= 11 is 1.95. The molecule has 94 valence electrons. The summed E-state index contributed by atoms with van der Waals surface area (Å²) in [4.78, 5) is 7.99. The topological polar surface area (TPSA) is 40.7 Å². The Labute approximate surface area is 108 Å². The maximum absolute atomic E-state index is 4.61. The third-order valence-electron chi connectivity index (χ3n) is 2.72. The number of aromatic nitrogens is 2. The number of rotatable bonds is 1. The maximum atomic E-state index is 4.61. The van der Waals surface area contributed by atoms with E-state index in [-0.39, 0.29) is 1.43 Å². The van der Waals surface area contributed by atoms with Gasteiger partial charge in [-0.25, -0.2) is 4.98 Å². The Bertz CT molecular complexity index is 433. The van der Waals surface area contributed by atoms with Gasteiger partial charge in [-0.15, -0.1) is 11.8 Å². The zero-order valence-electron chi connectivity index (χ0n) is 10.4. The minimum absolute atomic E-state index is 0. The van der Waals surface area contributed by atoms with E-state index in [1.54, 1.807) is 0 Å². The molecular formula is C13H21N3S. The van der Waals surface area contributed by atoms with E-state index in [4.69, 9.17) is 0 Å². The molecule has 1 atom stereocenters. The minimum atomic E-state index is 0. The zero-order valence-corrected chi connectivity index (χ0v) is 11.2. The second kappa shape index (κ2) is 6.07. The number of para-hydroxylation sites is 2. The van der Waals surface area contributed by atoms with Crippen LogP contribution in [0, 0.1) is 0 Å². The molecule has 0 spiro atoms. The number of thioether (sulfide) groups is 1. The van der Waals surface area contributed by atoms with Crippen LogP contribution >= 0.6 is 11.8 Å². The first-order valence-corrected chi connectivity index (χ1v) is 7.35. The first kappa shape index (κ1) is 12.5. The van der Waals surface area contributed by atoms with Gasteiger partial charge >= 0.3 is 0 Å². The normalized spacial score (nSPS) is 19.8. The second-order valence-corrected chi connectivity index (χ2v) is 4.84. The molecule has 4 heteroatoms. The van der Waals surface area contributed by atoms with E-state index in [0.717, 1.165) is 29.2 Å². The van der Waals surface area contributed by atoms with Crippen molar-refractivity contribution in [1.29, 1.82) is 0 Å². The van der Waals surface area contributed by atoms with Crippen LogP contribution in [0.3, 0.4) is 0 Å². The Morgan fingerprint density at radius 1 is 1.35 bits per heavy atom. The summed E-state index contributed by atoms with van der Waals surface area (Å²) in [6.07, 6.45) is 1.16.